The molecule has 0 saturated carbocycles. The van der Waals surface area contributed by atoms with E-state index >= 15 is 0 Å². The number of rotatable bonds is 4. The van der Waals surface area contributed by atoms with E-state index in [0.29, 0.717) is 6.54 Å². The van der Waals surface area contributed by atoms with E-state index in [1.165, 1.54) is 11.1 Å². The topological polar surface area (TPSA) is 58.4 Å². The van der Waals surface area contributed by atoms with Gasteiger partial charge in [-0.2, -0.15) is 0 Å². The van der Waals surface area contributed by atoms with Crippen LogP contribution in [0.15, 0.2) is 24.3 Å². The van der Waals surface area contributed by atoms with Crippen LogP contribution in [0.4, 0.5) is 4.79 Å². The first-order valence-corrected chi connectivity index (χ1v) is 6.45. The first-order chi connectivity index (χ1) is 8.61. The van der Waals surface area contributed by atoms with Crippen molar-refractivity contribution >= 4 is 6.03 Å². The van der Waals surface area contributed by atoms with Gasteiger partial charge >= 0.3 is 6.03 Å². The fourth-order valence-electron chi connectivity index (χ4n) is 2.41. The number of carbonyl (C=O) groups excluding carboxylic acids is 1. The molecule has 3 N–H and O–H groups in total. The number of hydrogen-bond acceptors (Lipinski definition) is 2. The smallest absolute Gasteiger partial charge is 0.318 e. The zero-order valence-electron chi connectivity index (χ0n) is 11.0. The van der Waals surface area contributed by atoms with Gasteiger partial charge in [0.15, 0.2) is 0 Å². The number of aryl methyl sites for hydroxylation is 1. The van der Waals surface area contributed by atoms with Gasteiger partial charge in [0.1, 0.15) is 0 Å². The van der Waals surface area contributed by atoms with E-state index in [-0.39, 0.29) is 18.1 Å². The van der Waals surface area contributed by atoms with Gasteiger partial charge in [0, 0.05) is 12.6 Å². The molecule has 4 nitrogen and oxygen atoms in total. The Balaban J connectivity index is 2.08. The maximum absolute atomic E-state index is 11.9. The number of urea groups is 1. The Kier molecular flexibility index (Phi) is 3.87. The monoisotopic (exact) mass is 247 g/mol. The van der Waals surface area contributed by atoms with Crippen molar-refractivity contribution in [1.29, 1.82) is 0 Å². The van der Waals surface area contributed by atoms with Crippen molar-refractivity contribution < 1.29 is 4.79 Å². The summed E-state index contributed by atoms with van der Waals surface area (Å²) in [4.78, 5) is 13.8. The number of carbonyl (C=O) groups is 1. The molecule has 1 fully saturated rings. The number of benzene rings is 1. The van der Waals surface area contributed by atoms with Gasteiger partial charge in [-0.15, -0.1) is 0 Å². The minimum absolute atomic E-state index is 0.0162. The molecule has 2 atom stereocenters. The third kappa shape index (κ3) is 2.64. The largest absolute Gasteiger partial charge is 0.330 e. The molecule has 1 saturated heterocycles. The summed E-state index contributed by atoms with van der Waals surface area (Å²) in [6.45, 7) is 5.45. The summed E-state index contributed by atoms with van der Waals surface area (Å²) in [5.74, 6) is 0. The van der Waals surface area contributed by atoms with Crippen molar-refractivity contribution in [2.45, 2.75) is 32.4 Å². The Hall–Kier alpha value is -1.55. The van der Waals surface area contributed by atoms with E-state index < -0.39 is 0 Å². The third-order valence-electron chi connectivity index (χ3n) is 3.50. The number of amides is 2. The molecule has 1 aliphatic heterocycles. The highest BCUT2D eigenvalue weighted by atomic mass is 16.2. The van der Waals surface area contributed by atoms with Crippen LogP contribution in [-0.2, 0) is 0 Å². The van der Waals surface area contributed by atoms with Crippen LogP contribution in [0.1, 0.15) is 30.5 Å². The van der Waals surface area contributed by atoms with E-state index in [4.69, 9.17) is 5.73 Å². The van der Waals surface area contributed by atoms with Crippen molar-refractivity contribution in [2.75, 3.05) is 13.1 Å². The van der Waals surface area contributed by atoms with E-state index in [9.17, 15) is 4.79 Å². The lowest BCUT2D eigenvalue weighted by molar-refractivity contribution is 0.199. The second-order valence-electron chi connectivity index (χ2n) is 4.99. The van der Waals surface area contributed by atoms with Crippen molar-refractivity contribution in [3.8, 4) is 0 Å². The average molecular weight is 247 g/mol. The SMILES string of the molecule is Cc1cccc(C2CN(C(C)CCN)C(=O)N2)c1. The summed E-state index contributed by atoms with van der Waals surface area (Å²) >= 11 is 0. The van der Waals surface area contributed by atoms with Gasteiger partial charge in [0.05, 0.1) is 6.04 Å². The zero-order chi connectivity index (χ0) is 13.1. The summed E-state index contributed by atoms with van der Waals surface area (Å²) in [5, 5.41) is 3.03. The Morgan fingerprint density at radius 3 is 3.00 bits per heavy atom. The molecule has 1 aromatic carbocycles. The van der Waals surface area contributed by atoms with E-state index in [2.05, 4.69) is 30.4 Å². The quantitative estimate of drug-likeness (QED) is 0.852. The number of hydrogen-bond donors (Lipinski definition) is 2. The average Bonchev–Trinajstić information content (AvgIpc) is 2.72. The first kappa shape index (κ1) is 12.9. The van der Waals surface area contributed by atoms with Gasteiger partial charge in [-0.1, -0.05) is 29.8 Å². The Morgan fingerprint density at radius 1 is 1.56 bits per heavy atom. The van der Waals surface area contributed by atoms with Gasteiger partial charge in [0.25, 0.3) is 0 Å². The van der Waals surface area contributed by atoms with Gasteiger partial charge < -0.3 is 16.0 Å². The molecule has 1 heterocycles. The van der Waals surface area contributed by atoms with E-state index in [0.717, 1.165) is 13.0 Å². The molecule has 4 heteroatoms. The predicted molar refractivity (Wildman–Crippen MR) is 72.3 cm³/mol. The van der Waals surface area contributed by atoms with Gasteiger partial charge in [-0.25, -0.2) is 4.79 Å². The van der Waals surface area contributed by atoms with Crippen molar-refractivity contribution in [2.24, 2.45) is 5.73 Å². The van der Waals surface area contributed by atoms with Crippen molar-refractivity contribution in [3.05, 3.63) is 35.4 Å². The molecular weight excluding hydrogens is 226 g/mol. The maximum Gasteiger partial charge on any atom is 0.318 e. The molecule has 2 unspecified atom stereocenters. The standard InChI is InChI=1S/C14H21N3O/c1-10-4-3-5-12(8-10)13-9-17(14(18)16-13)11(2)6-7-15/h3-5,8,11,13H,6-7,9,15H2,1-2H3,(H,16,18). The lowest BCUT2D eigenvalue weighted by Crippen LogP contribution is -2.37. The van der Waals surface area contributed by atoms with Crippen LogP contribution in [0, 0.1) is 6.92 Å². The number of nitrogens with two attached hydrogens (primary N) is 1. The summed E-state index contributed by atoms with van der Waals surface area (Å²) in [6.07, 6.45) is 0.841. The van der Waals surface area contributed by atoms with Crippen molar-refractivity contribution in [1.82, 2.24) is 10.2 Å². The van der Waals surface area contributed by atoms with Crippen LogP contribution < -0.4 is 11.1 Å². The molecule has 2 amide bonds. The highest BCUT2D eigenvalue weighted by Gasteiger charge is 2.32. The molecule has 0 bridgehead atoms. The Bertz CT molecular complexity index is 433. The van der Waals surface area contributed by atoms with Crippen LogP contribution in [0.25, 0.3) is 0 Å². The second kappa shape index (κ2) is 5.40. The maximum atomic E-state index is 11.9. The summed E-state index contributed by atoms with van der Waals surface area (Å²) < 4.78 is 0. The number of nitrogens with zero attached hydrogens (tertiary/aromatic N) is 1. The van der Waals surface area contributed by atoms with Crippen LogP contribution in [0.2, 0.25) is 0 Å². The molecule has 0 spiro atoms. The van der Waals surface area contributed by atoms with Crippen LogP contribution >= 0.6 is 0 Å². The molecule has 0 aromatic heterocycles. The summed E-state index contributed by atoms with van der Waals surface area (Å²) in [5.41, 5.74) is 7.94. The van der Waals surface area contributed by atoms with Gasteiger partial charge in [-0.05, 0) is 32.4 Å². The fraction of sp³-hybridized carbons (Fsp3) is 0.500. The first-order valence-electron chi connectivity index (χ1n) is 6.45. The van der Waals surface area contributed by atoms with Crippen LogP contribution in [0.3, 0.4) is 0 Å². The third-order valence-corrected chi connectivity index (χ3v) is 3.50. The summed E-state index contributed by atoms with van der Waals surface area (Å²) in [6, 6.07) is 8.60. The minimum atomic E-state index is 0.0162. The second-order valence-corrected chi connectivity index (χ2v) is 4.99. The van der Waals surface area contributed by atoms with E-state index in [1.807, 2.05) is 17.9 Å². The van der Waals surface area contributed by atoms with Crippen molar-refractivity contribution in [3.63, 3.8) is 0 Å². The van der Waals surface area contributed by atoms with E-state index in [1.54, 1.807) is 0 Å². The molecule has 0 aliphatic carbocycles. The predicted octanol–water partition coefficient (Wildman–Crippen LogP) is 1.80. The number of nitrogens with one attached hydrogen (secondary N) is 1. The normalized spacial score (nSPS) is 20.9. The Morgan fingerprint density at radius 2 is 2.33 bits per heavy atom. The summed E-state index contributed by atoms with van der Waals surface area (Å²) in [7, 11) is 0. The molecule has 0 radical (unpaired) electrons. The minimum Gasteiger partial charge on any atom is -0.330 e. The molecular formula is C14H21N3O. The fourth-order valence-corrected chi connectivity index (χ4v) is 2.41. The van der Waals surface area contributed by atoms with Gasteiger partial charge in [0.2, 0.25) is 0 Å². The molecule has 1 aliphatic rings. The molecule has 1 aromatic rings. The zero-order valence-corrected chi connectivity index (χ0v) is 11.0. The molecule has 18 heavy (non-hydrogen) atoms. The lowest BCUT2D eigenvalue weighted by atomic mass is 10.0. The Labute approximate surface area is 108 Å². The van der Waals surface area contributed by atoms with Gasteiger partial charge in [-0.3, -0.25) is 0 Å². The highest BCUT2D eigenvalue weighted by Crippen LogP contribution is 2.23. The molecule has 2 rings (SSSR count). The molecule has 98 valence electrons. The highest BCUT2D eigenvalue weighted by molar-refractivity contribution is 5.77. The van der Waals surface area contributed by atoms with Crippen LogP contribution in [-0.4, -0.2) is 30.1 Å². The lowest BCUT2D eigenvalue weighted by Gasteiger charge is -2.22. The van der Waals surface area contributed by atoms with Crippen LogP contribution in [0.5, 0.6) is 0 Å².